The number of ether oxygens (including phenoxy) is 1. The molecule has 2 aliphatic rings. The number of anilines is 3. The van der Waals surface area contributed by atoms with E-state index in [-0.39, 0.29) is 11.8 Å². The standard InChI is InChI=1S/C21H22ClN3O3/c22-17-6-2-7-18(20(17)24-10-12-28-13-11-24)23-21(27)15-4-1-5-16(14-15)25-9-3-8-19(25)26/h1-2,4-7,14H,3,8-13H2,(H,23,27). The van der Waals surface area contributed by atoms with Crippen LogP contribution in [0.3, 0.4) is 0 Å². The number of rotatable bonds is 4. The number of carbonyl (C=O) groups is 2. The van der Waals surface area contributed by atoms with Gasteiger partial charge in [-0.15, -0.1) is 0 Å². The lowest BCUT2D eigenvalue weighted by Crippen LogP contribution is -2.37. The normalized spacial score (nSPS) is 17.1. The molecule has 28 heavy (non-hydrogen) atoms. The van der Waals surface area contributed by atoms with Crippen LogP contribution in [0.5, 0.6) is 0 Å². The van der Waals surface area contributed by atoms with Gasteiger partial charge in [0.25, 0.3) is 5.91 Å². The first kappa shape index (κ1) is 18.8. The molecular formula is C21H22ClN3O3. The lowest BCUT2D eigenvalue weighted by Gasteiger charge is -2.31. The number of morpholine rings is 1. The first-order valence-corrected chi connectivity index (χ1v) is 9.84. The second kappa shape index (κ2) is 8.20. The van der Waals surface area contributed by atoms with E-state index in [0.29, 0.717) is 42.5 Å². The maximum Gasteiger partial charge on any atom is 0.255 e. The second-order valence-corrected chi connectivity index (χ2v) is 7.30. The maximum atomic E-state index is 12.9. The van der Waals surface area contributed by atoms with E-state index in [1.54, 1.807) is 23.1 Å². The van der Waals surface area contributed by atoms with Gasteiger partial charge in [-0.05, 0) is 36.8 Å². The van der Waals surface area contributed by atoms with Crippen LogP contribution in [-0.4, -0.2) is 44.7 Å². The lowest BCUT2D eigenvalue weighted by atomic mass is 10.1. The molecule has 0 spiro atoms. The summed E-state index contributed by atoms with van der Waals surface area (Å²) < 4.78 is 5.42. The van der Waals surface area contributed by atoms with Crippen LogP contribution in [0, 0.1) is 0 Å². The van der Waals surface area contributed by atoms with Crippen molar-refractivity contribution < 1.29 is 14.3 Å². The van der Waals surface area contributed by atoms with Gasteiger partial charge >= 0.3 is 0 Å². The summed E-state index contributed by atoms with van der Waals surface area (Å²) in [5, 5.41) is 3.58. The summed E-state index contributed by atoms with van der Waals surface area (Å²) in [6, 6.07) is 12.7. The average Bonchev–Trinajstić information content (AvgIpc) is 3.15. The van der Waals surface area contributed by atoms with Gasteiger partial charge in [0.2, 0.25) is 5.91 Å². The van der Waals surface area contributed by atoms with E-state index in [0.717, 1.165) is 30.9 Å². The van der Waals surface area contributed by atoms with E-state index < -0.39 is 0 Å². The van der Waals surface area contributed by atoms with Gasteiger partial charge in [0, 0.05) is 37.3 Å². The topological polar surface area (TPSA) is 61.9 Å². The number of nitrogens with zero attached hydrogens (tertiary/aromatic N) is 2. The molecule has 0 bridgehead atoms. The molecule has 0 atom stereocenters. The molecule has 4 rings (SSSR count). The van der Waals surface area contributed by atoms with Gasteiger partial charge in [-0.2, -0.15) is 0 Å². The Bertz CT molecular complexity index is 896. The van der Waals surface area contributed by atoms with Gasteiger partial charge in [0.05, 0.1) is 29.6 Å². The molecule has 146 valence electrons. The molecule has 2 fully saturated rings. The van der Waals surface area contributed by atoms with Gasteiger partial charge in [-0.1, -0.05) is 23.7 Å². The maximum absolute atomic E-state index is 12.9. The summed E-state index contributed by atoms with van der Waals surface area (Å²) in [6.45, 7) is 3.40. The van der Waals surface area contributed by atoms with E-state index >= 15 is 0 Å². The first-order valence-electron chi connectivity index (χ1n) is 9.46. The molecule has 2 aliphatic heterocycles. The zero-order valence-electron chi connectivity index (χ0n) is 15.5. The minimum absolute atomic E-state index is 0.0991. The van der Waals surface area contributed by atoms with Crippen molar-refractivity contribution in [3.05, 3.63) is 53.1 Å². The summed E-state index contributed by atoms with van der Waals surface area (Å²) in [4.78, 5) is 28.8. The highest BCUT2D eigenvalue weighted by molar-refractivity contribution is 6.34. The third-order valence-electron chi connectivity index (χ3n) is 5.06. The average molecular weight is 400 g/mol. The first-order chi connectivity index (χ1) is 13.6. The zero-order valence-corrected chi connectivity index (χ0v) is 16.2. The highest BCUT2D eigenvalue weighted by atomic mass is 35.5. The highest BCUT2D eigenvalue weighted by Gasteiger charge is 2.23. The van der Waals surface area contributed by atoms with E-state index in [9.17, 15) is 9.59 Å². The van der Waals surface area contributed by atoms with Crippen molar-refractivity contribution in [3.63, 3.8) is 0 Å². The summed E-state index contributed by atoms with van der Waals surface area (Å²) in [5.74, 6) is -0.132. The van der Waals surface area contributed by atoms with Crippen LogP contribution in [-0.2, 0) is 9.53 Å². The molecule has 2 aromatic carbocycles. The van der Waals surface area contributed by atoms with Crippen molar-refractivity contribution in [1.29, 1.82) is 0 Å². The van der Waals surface area contributed by atoms with E-state index in [2.05, 4.69) is 10.2 Å². The Kier molecular flexibility index (Phi) is 5.50. The number of halogens is 1. The quantitative estimate of drug-likeness (QED) is 0.854. The number of hydrogen-bond donors (Lipinski definition) is 1. The van der Waals surface area contributed by atoms with Gasteiger partial charge in [0.1, 0.15) is 0 Å². The molecule has 0 radical (unpaired) electrons. The van der Waals surface area contributed by atoms with Crippen LogP contribution in [0.25, 0.3) is 0 Å². The molecule has 0 aliphatic carbocycles. The minimum Gasteiger partial charge on any atom is -0.378 e. The fourth-order valence-corrected chi connectivity index (χ4v) is 3.95. The van der Waals surface area contributed by atoms with Gasteiger partial charge in [-0.3, -0.25) is 9.59 Å². The molecule has 0 unspecified atom stereocenters. The molecule has 2 aromatic rings. The fourth-order valence-electron chi connectivity index (χ4n) is 3.66. The molecule has 0 saturated carbocycles. The lowest BCUT2D eigenvalue weighted by molar-refractivity contribution is -0.117. The Morgan fingerprint density at radius 2 is 1.86 bits per heavy atom. The van der Waals surface area contributed by atoms with Crippen LogP contribution in [0.15, 0.2) is 42.5 Å². The predicted octanol–water partition coefficient (Wildman–Crippen LogP) is 3.56. The fraction of sp³-hybridized carbons (Fsp3) is 0.333. The van der Waals surface area contributed by atoms with Gasteiger partial charge in [-0.25, -0.2) is 0 Å². The largest absolute Gasteiger partial charge is 0.378 e. The molecule has 2 saturated heterocycles. The van der Waals surface area contributed by atoms with E-state index in [4.69, 9.17) is 16.3 Å². The Morgan fingerprint density at radius 1 is 1.07 bits per heavy atom. The van der Waals surface area contributed by atoms with Crippen LogP contribution in [0.2, 0.25) is 5.02 Å². The monoisotopic (exact) mass is 399 g/mol. The van der Waals surface area contributed by atoms with Gasteiger partial charge < -0.3 is 19.9 Å². The predicted molar refractivity (Wildman–Crippen MR) is 110 cm³/mol. The zero-order chi connectivity index (χ0) is 19.5. The number of benzene rings is 2. The van der Waals surface area contributed by atoms with Crippen molar-refractivity contribution in [2.45, 2.75) is 12.8 Å². The van der Waals surface area contributed by atoms with Crippen LogP contribution in [0.1, 0.15) is 23.2 Å². The molecule has 7 heteroatoms. The number of para-hydroxylation sites is 1. The van der Waals surface area contributed by atoms with Crippen molar-refractivity contribution in [3.8, 4) is 0 Å². The summed E-state index contributed by atoms with van der Waals surface area (Å²) >= 11 is 6.44. The smallest absolute Gasteiger partial charge is 0.255 e. The van der Waals surface area contributed by atoms with E-state index in [1.165, 1.54) is 0 Å². The van der Waals surface area contributed by atoms with Crippen LogP contribution in [0.4, 0.5) is 17.1 Å². The van der Waals surface area contributed by atoms with Crippen molar-refractivity contribution in [1.82, 2.24) is 0 Å². The third kappa shape index (κ3) is 3.84. The van der Waals surface area contributed by atoms with Crippen molar-refractivity contribution in [2.24, 2.45) is 0 Å². The van der Waals surface area contributed by atoms with Crippen molar-refractivity contribution in [2.75, 3.05) is 48.0 Å². The molecule has 6 nitrogen and oxygen atoms in total. The van der Waals surface area contributed by atoms with Crippen LogP contribution >= 0.6 is 11.6 Å². The Balaban J connectivity index is 1.57. The Hall–Kier alpha value is -2.57. The summed E-state index contributed by atoms with van der Waals surface area (Å²) in [6.07, 6.45) is 1.41. The SMILES string of the molecule is O=C(Nc1cccc(Cl)c1N1CCOCC1)c1cccc(N2CCCC2=O)c1. The molecule has 0 aromatic heterocycles. The van der Waals surface area contributed by atoms with Crippen LogP contribution < -0.4 is 15.1 Å². The number of hydrogen-bond acceptors (Lipinski definition) is 4. The number of amides is 2. The number of nitrogens with one attached hydrogen (secondary N) is 1. The highest BCUT2D eigenvalue weighted by Crippen LogP contribution is 2.35. The minimum atomic E-state index is -0.231. The molecule has 2 heterocycles. The summed E-state index contributed by atoms with van der Waals surface area (Å²) in [5.41, 5.74) is 2.74. The molecule has 2 amide bonds. The summed E-state index contributed by atoms with van der Waals surface area (Å²) in [7, 11) is 0. The third-order valence-corrected chi connectivity index (χ3v) is 5.36. The Morgan fingerprint density at radius 3 is 2.61 bits per heavy atom. The molecular weight excluding hydrogens is 378 g/mol. The molecule has 1 N–H and O–H groups in total. The van der Waals surface area contributed by atoms with Crippen molar-refractivity contribution >= 4 is 40.5 Å². The number of carbonyl (C=O) groups excluding carboxylic acids is 2. The Labute approximate surface area is 169 Å². The van der Waals surface area contributed by atoms with Gasteiger partial charge in [0.15, 0.2) is 0 Å². The second-order valence-electron chi connectivity index (χ2n) is 6.89. The van der Waals surface area contributed by atoms with E-state index in [1.807, 2.05) is 24.3 Å².